The highest BCUT2D eigenvalue weighted by atomic mass is 16.3. The van der Waals surface area contributed by atoms with Crippen LogP contribution < -0.4 is 0 Å². The van der Waals surface area contributed by atoms with Crippen LogP contribution in [0.5, 0.6) is 0 Å². The van der Waals surface area contributed by atoms with Gasteiger partial charge in [-0.1, -0.05) is 44.2 Å². The lowest BCUT2D eigenvalue weighted by molar-refractivity contribution is 0.616. The van der Waals surface area contributed by atoms with Crippen molar-refractivity contribution >= 4 is 17.0 Å². The maximum absolute atomic E-state index is 5.30. The van der Waals surface area contributed by atoms with Crippen LogP contribution in [-0.4, -0.2) is 0 Å². The summed E-state index contributed by atoms with van der Waals surface area (Å²) >= 11 is 0. The predicted octanol–water partition coefficient (Wildman–Crippen LogP) is 4.66. The lowest BCUT2D eigenvalue weighted by atomic mass is 10.0. The summed E-state index contributed by atoms with van der Waals surface area (Å²) in [5, 5.41) is 1.14. The van der Waals surface area contributed by atoms with Crippen molar-refractivity contribution in [2.75, 3.05) is 0 Å². The van der Waals surface area contributed by atoms with Gasteiger partial charge in [-0.3, -0.25) is 0 Å². The van der Waals surface area contributed by atoms with E-state index in [4.69, 9.17) is 4.42 Å². The third-order valence-electron chi connectivity index (χ3n) is 2.71. The Morgan fingerprint density at radius 1 is 1.31 bits per heavy atom. The zero-order valence-corrected chi connectivity index (χ0v) is 9.73. The number of hydrogen-bond acceptors (Lipinski definition) is 1. The van der Waals surface area contributed by atoms with Crippen molar-refractivity contribution in [3.8, 4) is 0 Å². The van der Waals surface area contributed by atoms with E-state index >= 15 is 0 Å². The Morgan fingerprint density at radius 3 is 2.88 bits per heavy atom. The Hall–Kier alpha value is -1.76. The molecule has 0 fully saturated rings. The minimum absolute atomic E-state index is 0.494. The summed E-state index contributed by atoms with van der Waals surface area (Å²) in [5.74, 6) is 0.494. The first kappa shape index (κ1) is 10.7. The number of allylic oxidation sites excluding steroid dienone is 2. The van der Waals surface area contributed by atoms with E-state index in [1.165, 1.54) is 5.56 Å². The average molecular weight is 212 g/mol. The molecule has 0 unspecified atom stereocenters. The number of furan rings is 1. The summed E-state index contributed by atoms with van der Waals surface area (Å²) in [5.41, 5.74) is 3.25. The second-order valence-electron chi connectivity index (χ2n) is 4.28. The first-order chi connectivity index (χ1) is 7.66. The molecule has 1 aromatic carbocycles. The highest BCUT2D eigenvalue weighted by Gasteiger charge is 1.97. The third-order valence-corrected chi connectivity index (χ3v) is 2.71. The van der Waals surface area contributed by atoms with Crippen molar-refractivity contribution in [1.82, 2.24) is 0 Å². The first-order valence-corrected chi connectivity index (χ1v) is 5.51. The van der Waals surface area contributed by atoms with E-state index in [2.05, 4.69) is 44.7 Å². The zero-order chi connectivity index (χ0) is 11.5. The maximum atomic E-state index is 5.30. The van der Waals surface area contributed by atoms with Gasteiger partial charge in [-0.25, -0.2) is 0 Å². The van der Waals surface area contributed by atoms with Crippen molar-refractivity contribution in [1.29, 1.82) is 0 Å². The number of benzene rings is 1. The van der Waals surface area contributed by atoms with Crippen LogP contribution in [-0.2, 0) is 0 Å². The quantitative estimate of drug-likeness (QED) is 0.674. The molecule has 1 heterocycles. The van der Waals surface area contributed by atoms with Crippen molar-refractivity contribution in [3.63, 3.8) is 0 Å². The van der Waals surface area contributed by atoms with Crippen molar-refractivity contribution in [2.45, 2.75) is 13.8 Å². The maximum Gasteiger partial charge on any atom is 0.133 e. The molecule has 0 aliphatic rings. The van der Waals surface area contributed by atoms with Crippen LogP contribution in [0.3, 0.4) is 0 Å². The van der Waals surface area contributed by atoms with Gasteiger partial charge in [0.15, 0.2) is 0 Å². The first-order valence-electron chi connectivity index (χ1n) is 5.51. The molecule has 16 heavy (non-hydrogen) atoms. The molecular formula is C15H16O. The molecule has 0 bridgehead atoms. The van der Waals surface area contributed by atoms with Gasteiger partial charge >= 0.3 is 0 Å². The lowest BCUT2D eigenvalue weighted by Crippen LogP contribution is -1.86. The number of rotatable bonds is 3. The summed E-state index contributed by atoms with van der Waals surface area (Å²) in [6.45, 7) is 8.31. The molecule has 82 valence electrons. The van der Waals surface area contributed by atoms with Gasteiger partial charge in [-0.2, -0.15) is 0 Å². The van der Waals surface area contributed by atoms with Crippen LogP contribution in [0.2, 0.25) is 0 Å². The van der Waals surface area contributed by atoms with E-state index in [0.29, 0.717) is 5.92 Å². The fourth-order valence-electron chi connectivity index (χ4n) is 1.48. The molecule has 0 N–H and O–H groups in total. The molecule has 0 saturated carbocycles. The summed E-state index contributed by atoms with van der Waals surface area (Å²) in [4.78, 5) is 0. The summed E-state index contributed by atoms with van der Waals surface area (Å²) < 4.78 is 5.30. The van der Waals surface area contributed by atoms with Gasteiger partial charge in [0.1, 0.15) is 5.58 Å². The van der Waals surface area contributed by atoms with Crippen molar-refractivity contribution in [2.24, 2.45) is 5.92 Å². The Kier molecular flexibility index (Phi) is 2.95. The van der Waals surface area contributed by atoms with Gasteiger partial charge in [-0.15, -0.1) is 0 Å². The molecule has 2 rings (SSSR count). The molecular weight excluding hydrogens is 196 g/mol. The topological polar surface area (TPSA) is 13.1 Å². The predicted molar refractivity (Wildman–Crippen MR) is 69.2 cm³/mol. The monoisotopic (exact) mass is 212 g/mol. The largest absolute Gasteiger partial charge is 0.464 e. The Bertz CT molecular complexity index is 529. The molecule has 1 aromatic heterocycles. The van der Waals surface area contributed by atoms with Gasteiger partial charge in [-0.05, 0) is 29.7 Å². The Labute approximate surface area is 96.1 Å². The molecule has 1 nitrogen and oxygen atoms in total. The minimum atomic E-state index is 0.494. The lowest BCUT2D eigenvalue weighted by Gasteiger charge is -2.02. The zero-order valence-electron chi connectivity index (χ0n) is 9.73. The molecule has 0 spiro atoms. The number of hydrogen-bond donors (Lipinski definition) is 0. The fourth-order valence-corrected chi connectivity index (χ4v) is 1.48. The average Bonchev–Trinajstić information content (AvgIpc) is 2.72. The second kappa shape index (κ2) is 4.40. The van der Waals surface area contributed by atoms with Crippen LogP contribution in [0.15, 0.2) is 53.2 Å². The normalized spacial score (nSPS) is 11.7. The summed E-state index contributed by atoms with van der Waals surface area (Å²) in [6, 6.07) is 8.13. The molecule has 2 aromatic rings. The fraction of sp³-hybridized carbons (Fsp3) is 0.200. The van der Waals surface area contributed by atoms with E-state index in [-0.39, 0.29) is 0 Å². The smallest absolute Gasteiger partial charge is 0.133 e. The highest BCUT2D eigenvalue weighted by molar-refractivity contribution is 5.80. The van der Waals surface area contributed by atoms with E-state index in [1.807, 2.05) is 12.1 Å². The van der Waals surface area contributed by atoms with Crippen LogP contribution in [0.4, 0.5) is 0 Å². The SMILES string of the molecule is C=C(/C=C/c1ccc2occc2c1)C(C)C. The highest BCUT2D eigenvalue weighted by Crippen LogP contribution is 2.18. The molecule has 1 heteroatoms. The van der Waals surface area contributed by atoms with Gasteiger partial charge in [0, 0.05) is 5.39 Å². The van der Waals surface area contributed by atoms with Crippen LogP contribution in [0, 0.1) is 5.92 Å². The van der Waals surface area contributed by atoms with E-state index in [0.717, 1.165) is 16.5 Å². The Morgan fingerprint density at radius 2 is 2.12 bits per heavy atom. The molecule has 0 radical (unpaired) electrons. The minimum Gasteiger partial charge on any atom is -0.464 e. The standard InChI is InChI=1S/C15H16O/c1-11(2)12(3)4-5-13-6-7-15-14(10-13)8-9-16-15/h4-11H,3H2,1-2H3/b5-4+. The van der Waals surface area contributed by atoms with Crippen LogP contribution in [0.1, 0.15) is 19.4 Å². The molecule has 0 aliphatic heterocycles. The van der Waals surface area contributed by atoms with E-state index in [9.17, 15) is 0 Å². The van der Waals surface area contributed by atoms with Gasteiger partial charge in [0.25, 0.3) is 0 Å². The number of fused-ring (bicyclic) bond motifs is 1. The van der Waals surface area contributed by atoms with Crippen molar-refractivity contribution < 1.29 is 4.42 Å². The van der Waals surface area contributed by atoms with E-state index < -0.39 is 0 Å². The van der Waals surface area contributed by atoms with Gasteiger partial charge in [0.2, 0.25) is 0 Å². The molecule has 0 amide bonds. The van der Waals surface area contributed by atoms with Gasteiger partial charge < -0.3 is 4.42 Å². The van der Waals surface area contributed by atoms with Crippen LogP contribution in [0.25, 0.3) is 17.0 Å². The van der Waals surface area contributed by atoms with Crippen LogP contribution >= 0.6 is 0 Å². The molecule has 0 aliphatic carbocycles. The molecule has 0 atom stereocenters. The van der Waals surface area contributed by atoms with E-state index in [1.54, 1.807) is 6.26 Å². The second-order valence-corrected chi connectivity index (χ2v) is 4.28. The van der Waals surface area contributed by atoms with Crippen molar-refractivity contribution in [3.05, 3.63) is 54.3 Å². The molecule has 0 saturated heterocycles. The third kappa shape index (κ3) is 2.25. The van der Waals surface area contributed by atoms with Gasteiger partial charge in [0.05, 0.1) is 6.26 Å². The Balaban J connectivity index is 2.24. The summed E-state index contributed by atoms with van der Waals surface area (Å²) in [7, 11) is 0. The summed E-state index contributed by atoms with van der Waals surface area (Å²) in [6.07, 6.45) is 5.88.